The van der Waals surface area contributed by atoms with Crippen LogP contribution in [-0.2, 0) is 0 Å². The van der Waals surface area contributed by atoms with E-state index in [0.717, 1.165) is 0 Å². The molecule has 2 atom stereocenters. The Bertz CT molecular complexity index is 258. The number of halogens is 1. The highest BCUT2D eigenvalue weighted by Crippen LogP contribution is 2.22. The van der Waals surface area contributed by atoms with E-state index in [1.54, 1.807) is 0 Å². The van der Waals surface area contributed by atoms with Gasteiger partial charge in [0.05, 0.1) is 0 Å². The number of hydrogen-bond donors (Lipinski definition) is 1. The second kappa shape index (κ2) is 4.23. The Morgan fingerprint density at radius 3 is 2.33 bits per heavy atom. The maximum absolute atomic E-state index is 5.83. The van der Waals surface area contributed by atoms with Crippen LogP contribution in [0.2, 0.25) is 0 Å². The molecule has 0 heterocycles. The molecule has 0 amide bonds. The predicted octanol–water partition coefficient (Wildman–Crippen LogP) is 2.74. The molecule has 1 nitrogen and oxygen atoms in total. The second-order valence-corrected chi connectivity index (χ2v) is 4.33. The Kier molecular flexibility index (Phi) is 3.53. The van der Waals surface area contributed by atoms with Crippen LogP contribution in [0.4, 0.5) is 0 Å². The lowest BCUT2D eigenvalue weighted by atomic mass is 9.95. The van der Waals surface area contributed by atoms with Gasteiger partial charge in [-0.05, 0) is 47.1 Å². The molecule has 0 aliphatic carbocycles. The first-order valence-corrected chi connectivity index (χ1v) is 5.21. The summed E-state index contributed by atoms with van der Waals surface area (Å²) in [6.45, 7) is 4.22. The highest BCUT2D eigenvalue weighted by molar-refractivity contribution is 14.1. The zero-order chi connectivity index (χ0) is 9.14. The molecule has 1 rings (SSSR count). The molecule has 2 N–H and O–H groups in total. The SMILES string of the molecule is CC(N)C(C)c1ccccc1I. The van der Waals surface area contributed by atoms with E-state index in [2.05, 4.69) is 53.8 Å². The molecule has 0 bridgehead atoms. The molecule has 0 saturated carbocycles. The van der Waals surface area contributed by atoms with Crippen molar-refractivity contribution >= 4 is 22.6 Å². The summed E-state index contributed by atoms with van der Waals surface area (Å²) in [5.41, 5.74) is 7.19. The molecule has 1 aromatic rings. The van der Waals surface area contributed by atoms with E-state index in [-0.39, 0.29) is 6.04 Å². The van der Waals surface area contributed by atoms with Crippen molar-refractivity contribution in [2.24, 2.45) is 5.73 Å². The summed E-state index contributed by atoms with van der Waals surface area (Å²) in [4.78, 5) is 0. The van der Waals surface area contributed by atoms with Crippen molar-refractivity contribution in [3.63, 3.8) is 0 Å². The summed E-state index contributed by atoms with van der Waals surface area (Å²) < 4.78 is 1.31. The number of rotatable bonds is 2. The van der Waals surface area contributed by atoms with Crippen LogP contribution in [0, 0.1) is 3.57 Å². The minimum atomic E-state index is 0.223. The van der Waals surface area contributed by atoms with Gasteiger partial charge in [0.2, 0.25) is 0 Å². The molecule has 2 heteroatoms. The molecule has 12 heavy (non-hydrogen) atoms. The predicted molar refractivity (Wildman–Crippen MR) is 61.2 cm³/mol. The Morgan fingerprint density at radius 1 is 1.25 bits per heavy atom. The van der Waals surface area contributed by atoms with Crippen molar-refractivity contribution in [2.45, 2.75) is 25.8 Å². The summed E-state index contributed by atoms with van der Waals surface area (Å²) >= 11 is 2.35. The van der Waals surface area contributed by atoms with Gasteiger partial charge in [0.1, 0.15) is 0 Å². The lowest BCUT2D eigenvalue weighted by Crippen LogP contribution is -2.22. The van der Waals surface area contributed by atoms with Crippen molar-refractivity contribution in [1.29, 1.82) is 0 Å². The highest BCUT2D eigenvalue weighted by Gasteiger charge is 2.11. The zero-order valence-corrected chi connectivity index (χ0v) is 9.58. The molecule has 0 radical (unpaired) electrons. The van der Waals surface area contributed by atoms with Crippen LogP contribution in [0.15, 0.2) is 24.3 Å². The third kappa shape index (κ3) is 2.20. The topological polar surface area (TPSA) is 26.0 Å². The fraction of sp³-hybridized carbons (Fsp3) is 0.400. The van der Waals surface area contributed by atoms with Crippen molar-refractivity contribution < 1.29 is 0 Å². The van der Waals surface area contributed by atoms with Gasteiger partial charge in [-0.25, -0.2) is 0 Å². The van der Waals surface area contributed by atoms with Crippen LogP contribution in [0.5, 0.6) is 0 Å². The smallest absolute Gasteiger partial charge is 0.0165 e. The summed E-state index contributed by atoms with van der Waals surface area (Å²) in [5.74, 6) is 0.443. The standard InChI is InChI=1S/C10H14IN/c1-7(8(2)12)9-5-3-4-6-10(9)11/h3-8H,12H2,1-2H3. The monoisotopic (exact) mass is 275 g/mol. The van der Waals surface area contributed by atoms with E-state index in [9.17, 15) is 0 Å². The van der Waals surface area contributed by atoms with Crippen LogP contribution in [-0.4, -0.2) is 6.04 Å². The van der Waals surface area contributed by atoms with Gasteiger partial charge in [0.15, 0.2) is 0 Å². The molecule has 0 aromatic heterocycles. The van der Waals surface area contributed by atoms with Crippen molar-refractivity contribution in [1.82, 2.24) is 0 Å². The molecular formula is C10H14IN. The van der Waals surface area contributed by atoms with E-state index in [0.29, 0.717) is 5.92 Å². The summed E-state index contributed by atoms with van der Waals surface area (Å²) in [6.07, 6.45) is 0. The van der Waals surface area contributed by atoms with Crippen LogP contribution in [0.25, 0.3) is 0 Å². The molecular weight excluding hydrogens is 261 g/mol. The van der Waals surface area contributed by atoms with Gasteiger partial charge < -0.3 is 5.73 Å². The molecule has 0 spiro atoms. The zero-order valence-electron chi connectivity index (χ0n) is 7.42. The third-order valence-corrected chi connectivity index (χ3v) is 3.17. The van der Waals surface area contributed by atoms with Crippen LogP contribution in [0.3, 0.4) is 0 Å². The lowest BCUT2D eigenvalue weighted by Gasteiger charge is -2.17. The van der Waals surface area contributed by atoms with E-state index >= 15 is 0 Å². The van der Waals surface area contributed by atoms with Crippen molar-refractivity contribution in [3.8, 4) is 0 Å². The fourth-order valence-corrected chi connectivity index (χ4v) is 2.01. The Labute approximate surface area is 87.5 Å². The first-order chi connectivity index (χ1) is 5.63. The first kappa shape index (κ1) is 9.99. The number of benzene rings is 1. The largest absolute Gasteiger partial charge is 0.327 e. The molecule has 2 unspecified atom stereocenters. The lowest BCUT2D eigenvalue weighted by molar-refractivity contribution is 0.611. The highest BCUT2D eigenvalue weighted by atomic mass is 127. The molecule has 66 valence electrons. The Balaban J connectivity index is 2.94. The maximum atomic E-state index is 5.83. The van der Waals surface area contributed by atoms with Crippen LogP contribution < -0.4 is 5.73 Å². The number of nitrogens with two attached hydrogens (primary N) is 1. The quantitative estimate of drug-likeness (QED) is 0.825. The average molecular weight is 275 g/mol. The first-order valence-electron chi connectivity index (χ1n) is 4.13. The molecule has 1 aromatic carbocycles. The minimum Gasteiger partial charge on any atom is -0.327 e. The third-order valence-electron chi connectivity index (χ3n) is 2.18. The fourth-order valence-electron chi connectivity index (χ4n) is 1.13. The van der Waals surface area contributed by atoms with Crippen molar-refractivity contribution in [2.75, 3.05) is 0 Å². The van der Waals surface area contributed by atoms with Gasteiger partial charge in [-0.1, -0.05) is 25.1 Å². The van der Waals surface area contributed by atoms with E-state index < -0.39 is 0 Å². The molecule has 0 aliphatic rings. The summed E-state index contributed by atoms with van der Waals surface area (Å²) in [7, 11) is 0. The van der Waals surface area contributed by atoms with E-state index in [1.165, 1.54) is 9.13 Å². The Morgan fingerprint density at radius 2 is 1.83 bits per heavy atom. The van der Waals surface area contributed by atoms with Crippen LogP contribution >= 0.6 is 22.6 Å². The normalized spacial score (nSPS) is 15.7. The van der Waals surface area contributed by atoms with Crippen molar-refractivity contribution in [3.05, 3.63) is 33.4 Å². The Hall–Kier alpha value is -0.0900. The summed E-state index contributed by atoms with van der Waals surface area (Å²) in [5, 5.41) is 0. The van der Waals surface area contributed by atoms with Gasteiger partial charge in [0.25, 0.3) is 0 Å². The number of hydrogen-bond acceptors (Lipinski definition) is 1. The molecule has 0 aliphatic heterocycles. The van der Waals surface area contributed by atoms with Gasteiger partial charge >= 0.3 is 0 Å². The average Bonchev–Trinajstić information content (AvgIpc) is 2.04. The maximum Gasteiger partial charge on any atom is 0.0165 e. The van der Waals surface area contributed by atoms with Gasteiger partial charge in [-0.2, -0.15) is 0 Å². The summed E-state index contributed by atoms with van der Waals surface area (Å²) in [6, 6.07) is 8.61. The van der Waals surface area contributed by atoms with E-state index in [1.807, 2.05) is 6.92 Å². The van der Waals surface area contributed by atoms with Crippen LogP contribution in [0.1, 0.15) is 25.3 Å². The van der Waals surface area contributed by atoms with Gasteiger partial charge in [0, 0.05) is 9.61 Å². The van der Waals surface area contributed by atoms with Gasteiger partial charge in [-0.15, -0.1) is 0 Å². The molecule has 0 saturated heterocycles. The molecule has 0 fully saturated rings. The minimum absolute atomic E-state index is 0.223. The second-order valence-electron chi connectivity index (χ2n) is 3.17. The van der Waals surface area contributed by atoms with Gasteiger partial charge in [-0.3, -0.25) is 0 Å². The van der Waals surface area contributed by atoms with E-state index in [4.69, 9.17) is 5.73 Å².